The fraction of sp³-hybridized carbons (Fsp3) is 0.0909. The van der Waals surface area contributed by atoms with Gasteiger partial charge in [-0.15, -0.1) is 0 Å². The van der Waals surface area contributed by atoms with Crippen LogP contribution < -0.4 is 11.2 Å². The van der Waals surface area contributed by atoms with E-state index >= 15 is 0 Å². The quantitative estimate of drug-likeness (QED) is 0.749. The highest BCUT2D eigenvalue weighted by molar-refractivity contribution is 5.58. The van der Waals surface area contributed by atoms with Crippen molar-refractivity contribution < 1.29 is 0 Å². The number of anilines is 1. The van der Waals surface area contributed by atoms with Crippen molar-refractivity contribution in [2.75, 3.05) is 5.73 Å². The molecule has 15 heavy (non-hydrogen) atoms. The molecule has 2 aromatic rings. The summed E-state index contributed by atoms with van der Waals surface area (Å²) in [5, 5.41) is 4.12. The molecular formula is C11H11N3O. The van der Waals surface area contributed by atoms with Gasteiger partial charge in [-0.05, 0) is 0 Å². The first-order valence-corrected chi connectivity index (χ1v) is 4.58. The number of hydrogen-bond acceptors (Lipinski definition) is 3. The number of aryl methyl sites for hydroxylation is 1. The maximum Gasteiger partial charge on any atom is 0.210 e. The number of hydrogen-bond donors (Lipinski definition) is 1. The number of nitrogen functional groups attached to an aromatic ring is 1. The van der Waals surface area contributed by atoms with Crippen molar-refractivity contribution in [1.29, 1.82) is 0 Å². The molecule has 76 valence electrons. The minimum atomic E-state index is -0.156. The maximum atomic E-state index is 11.6. The van der Waals surface area contributed by atoms with E-state index in [4.69, 9.17) is 5.73 Å². The monoisotopic (exact) mass is 201 g/mol. The van der Waals surface area contributed by atoms with Gasteiger partial charge in [-0.25, -0.2) is 0 Å². The number of rotatable bonds is 1. The van der Waals surface area contributed by atoms with Crippen molar-refractivity contribution in [2.24, 2.45) is 7.05 Å². The van der Waals surface area contributed by atoms with Crippen LogP contribution in [0.15, 0.2) is 41.2 Å². The summed E-state index contributed by atoms with van der Waals surface area (Å²) in [4.78, 5) is 11.6. The summed E-state index contributed by atoms with van der Waals surface area (Å²) in [7, 11) is 1.71. The highest BCUT2D eigenvalue weighted by atomic mass is 16.1. The lowest BCUT2D eigenvalue weighted by molar-refractivity contribution is 0.753. The van der Waals surface area contributed by atoms with Gasteiger partial charge in [0.05, 0.1) is 0 Å². The number of benzene rings is 1. The molecule has 0 unspecified atom stereocenters. The molecule has 1 aromatic heterocycles. The van der Waals surface area contributed by atoms with Crippen LogP contribution in [0.1, 0.15) is 0 Å². The Kier molecular flexibility index (Phi) is 2.25. The van der Waals surface area contributed by atoms with Crippen molar-refractivity contribution in [1.82, 2.24) is 9.78 Å². The predicted octanol–water partition coefficient (Wildman–Crippen LogP) is 1.03. The van der Waals surface area contributed by atoms with Crippen molar-refractivity contribution >= 4 is 5.82 Å². The predicted molar refractivity (Wildman–Crippen MR) is 59.3 cm³/mol. The van der Waals surface area contributed by atoms with E-state index in [1.807, 2.05) is 30.3 Å². The topological polar surface area (TPSA) is 60.9 Å². The Balaban J connectivity index is 2.65. The zero-order chi connectivity index (χ0) is 10.8. The van der Waals surface area contributed by atoms with Crippen molar-refractivity contribution in [3.8, 4) is 11.3 Å². The van der Waals surface area contributed by atoms with Crippen LogP contribution in [0.3, 0.4) is 0 Å². The first-order valence-electron chi connectivity index (χ1n) is 4.58. The third-order valence-corrected chi connectivity index (χ3v) is 2.18. The van der Waals surface area contributed by atoms with E-state index in [-0.39, 0.29) is 5.43 Å². The molecule has 0 radical (unpaired) electrons. The molecule has 0 bridgehead atoms. The summed E-state index contributed by atoms with van der Waals surface area (Å²) in [5.41, 5.74) is 6.64. The van der Waals surface area contributed by atoms with E-state index < -0.39 is 0 Å². The molecule has 1 aromatic carbocycles. The van der Waals surface area contributed by atoms with Crippen LogP contribution in [0.5, 0.6) is 0 Å². The summed E-state index contributed by atoms with van der Waals surface area (Å²) in [5.74, 6) is 0.361. The number of nitrogens with zero attached hydrogens (tertiary/aromatic N) is 2. The SMILES string of the molecule is Cn1nc(-c2ccccc2)c(=O)cc1N. The van der Waals surface area contributed by atoms with Gasteiger partial charge >= 0.3 is 0 Å². The van der Waals surface area contributed by atoms with Gasteiger partial charge in [0.2, 0.25) is 5.43 Å². The third-order valence-electron chi connectivity index (χ3n) is 2.18. The fourth-order valence-electron chi connectivity index (χ4n) is 1.35. The average molecular weight is 201 g/mol. The Morgan fingerprint density at radius 2 is 1.93 bits per heavy atom. The van der Waals surface area contributed by atoms with Gasteiger partial charge in [-0.1, -0.05) is 30.3 Å². The zero-order valence-electron chi connectivity index (χ0n) is 8.34. The Morgan fingerprint density at radius 1 is 1.27 bits per heavy atom. The average Bonchev–Trinajstić information content (AvgIpc) is 2.25. The molecule has 1 heterocycles. The van der Waals surface area contributed by atoms with Crippen molar-refractivity contribution in [3.63, 3.8) is 0 Å². The molecule has 0 aliphatic heterocycles. The van der Waals surface area contributed by atoms with Crippen LogP contribution in [-0.2, 0) is 7.05 Å². The first kappa shape index (κ1) is 9.45. The molecule has 2 rings (SSSR count). The summed E-state index contributed by atoms with van der Waals surface area (Å²) >= 11 is 0. The molecular weight excluding hydrogens is 190 g/mol. The highest BCUT2D eigenvalue weighted by Crippen LogP contribution is 2.11. The first-order chi connectivity index (χ1) is 7.18. The van der Waals surface area contributed by atoms with Gasteiger partial charge in [0.1, 0.15) is 11.5 Å². The normalized spacial score (nSPS) is 10.2. The lowest BCUT2D eigenvalue weighted by atomic mass is 10.1. The minimum Gasteiger partial charge on any atom is -0.384 e. The molecule has 0 amide bonds. The number of nitrogens with two attached hydrogens (primary N) is 1. The maximum absolute atomic E-state index is 11.6. The van der Waals surface area contributed by atoms with Crippen molar-refractivity contribution in [3.05, 3.63) is 46.6 Å². The summed E-state index contributed by atoms with van der Waals surface area (Å²) in [6.45, 7) is 0. The van der Waals surface area contributed by atoms with Gasteiger partial charge in [0.25, 0.3) is 0 Å². The van der Waals surface area contributed by atoms with Crippen LogP contribution in [0.2, 0.25) is 0 Å². The largest absolute Gasteiger partial charge is 0.384 e. The van der Waals surface area contributed by atoms with Gasteiger partial charge in [-0.2, -0.15) is 5.10 Å². The molecule has 0 aliphatic carbocycles. The molecule has 4 heteroatoms. The zero-order valence-corrected chi connectivity index (χ0v) is 8.34. The van der Waals surface area contributed by atoms with Crippen LogP contribution in [-0.4, -0.2) is 9.78 Å². The van der Waals surface area contributed by atoms with E-state index in [0.29, 0.717) is 11.5 Å². The van der Waals surface area contributed by atoms with Crippen LogP contribution in [0.4, 0.5) is 5.82 Å². The van der Waals surface area contributed by atoms with E-state index in [1.165, 1.54) is 10.7 Å². The molecule has 2 N–H and O–H groups in total. The van der Waals surface area contributed by atoms with E-state index in [1.54, 1.807) is 7.05 Å². The smallest absolute Gasteiger partial charge is 0.210 e. The van der Waals surface area contributed by atoms with Gasteiger partial charge in [0, 0.05) is 18.7 Å². The van der Waals surface area contributed by atoms with Gasteiger partial charge in [0.15, 0.2) is 0 Å². The molecule has 0 saturated carbocycles. The van der Waals surface area contributed by atoms with Crippen LogP contribution in [0.25, 0.3) is 11.3 Å². The second-order valence-electron chi connectivity index (χ2n) is 3.27. The lowest BCUT2D eigenvalue weighted by Crippen LogP contribution is -2.15. The Labute approximate surface area is 87.0 Å². The Morgan fingerprint density at radius 3 is 2.60 bits per heavy atom. The van der Waals surface area contributed by atoms with Crippen LogP contribution in [0, 0.1) is 0 Å². The minimum absolute atomic E-state index is 0.156. The van der Waals surface area contributed by atoms with Crippen molar-refractivity contribution in [2.45, 2.75) is 0 Å². The Hall–Kier alpha value is -2.10. The molecule has 0 fully saturated rings. The van der Waals surface area contributed by atoms with E-state index in [2.05, 4.69) is 5.10 Å². The van der Waals surface area contributed by atoms with E-state index in [0.717, 1.165) is 5.56 Å². The lowest BCUT2D eigenvalue weighted by Gasteiger charge is -2.05. The Bertz CT molecular complexity index is 531. The van der Waals surface area contributed by atoms with Gasteiger partial charge < -0.3 is 5.73 Å². The van der Waals surface area contributed by atoms with Crippen LogP contribution >= 0.6 is 0 Å². The second-order valence-corrected chi connectivity index (χ2v) is 3.27. The second kappa shape index (κ2) is 3.57. The number of aromatic nitrogens is 2. The van der Waals surface area contributed by atoms with E-state index in [9.17, 15) is 4.79 Å². The summed E-state index contributed by atoms with van der Waals surface area (Å²) in [6.07, 6.45) is 0. The third kappa shape index (κ3) is 1.74. The molecule has 0 atom stereocenters. The molecule has 0 saturated heterocycles. The standard InChI is InChI=1S/C11H11N3O/c1-14-10(12)7-9(15)11(13-14)8-5-3-2-4-6-8/h2-7H,12H2,1H3. The highest BCUT2D eigenvalue weighted by Gasteiger charge is 2.05. The fourth-order valence-corrected chi connectivity index (χ4v) is 1.35. The molecule has 0 spiro atoms. The summed E-state index contributed by atoms with van der Waals surface area (Å²) in [6, 6.07) is 10.7. The summed E-state index contributed by atoms with van der Waals surface area (Å²) < 4.78 is 1.49. The molecule has 0 aliphatic rings. The van der Waals surface area contributed by atoms with Gasteiger partial charge in [-0.3, -0.25) is 9.48 Å². The molecule has 4 nitrogen and oxygen atoms in total.